The topological polar surface area (TPSA) is 60.0 Å². The molecule has 0 saturated carbocycles. The molecule has 1 N–H and O–H groups in total. The van der Waals surface area contributed by atoms with Gasteiger partial charge < -0.3 is 0 Å². The number of aryl methyl sites for hydroxylation is 1. The molecule has 5 rings (SSSR count). The summed E-state index contributed by atoms with van der Waals surface area (Å²) in [6.45, 7) is 6.07. The summed E-state index contributed by atoms with van der Waals surface area (Å²) in [6.07, 6.45) is 0. The Bertz CT molecular complexity index is 1690. The molecular weight excluding hydrogens is 585 g/mol. The van der Waals surface area contributed by atoms with Crippen molar-refractivity contribution in [3.63, 3.8) is 0 Å². The molecular formula is C33H30CoF2N2O4. The molecule has 0 atom stereocenters. The van der Waals surface area contributed by atoms with Gasteiger partial charge in [0.2, 0.25) is 0 Å². The van der Waals surface area contributed by atoms with Crippen LogP contribution in [-0.4, -0.2) is 30.2 Å². The Balaban J connectivity index is 1.57. The first-order chi connectivity index (χ1) is 20.0. The minimum atomic E-state index is -0.620. The van der Waals surface area contributed by atoms with Gasteiger partial charge in [0.1, 0.15) is 5.82 Å². The summed E-state index contributed by atoms with van der Waals surface area (Å²) in [5, 5.41) is 3.55. The van der Waals surface area contributed by atoms with Crippen LogP contribution in [0.5, 0.6) is 17.2 Å². The fourth-order valence-corrected chi connectivity index (χ4v) is 5.19. The fraction of sp³-hybridized carbons (Fsp3) is 0.212. The van der Waals surface area contributed by atoms with E-state index in [1.165, 1.54) is 43.5 Å². The first kappa shape index (κ1) is 29.3. The minimum absolute atomic E-state index is 0.125. The average molecular weight is 616 g/mol. The van der Waals surface area contributed by atoms with Crippen LogP contribution in [0, 0.1) is 18.6 Å². The van der Waals surface area contributed by atoms with Crippen molar-refractivity contribution in [1.82, 2.24) is 0 Å². The van der Waals surface area contributed by atoms with Gasteiger partial charge in [0.05, 0.1) is 0 Å². The van der Waals surface area contributed by atoms with E-state index >= 15 is 0 Å². The van der Waals surface area contributed by atoms with Crippen LogP contribution in [-0.2, 0) is 21.9 Å². The zero-order valence-electron chi connectivity index (χ0n) is 23.8. The summed E-state index contributed by atoms with van der Waals surface area (Å²) in [7, 11) is 3.47. The second-order valence-electron chi connectivity index (χ2n) is 10.5. The molecule has 0 aromatic heterocycles. The molecule has 1 heterocycles. The predicted molar refractivity (Wildman–Crippen MR) is 156 cm³/mol. The molecule has 0 spiro atoms. The summed E-state index contributed by atoms with van der Waals surface area (Å²) < 4.78 is 45.6. The van der Waals surface area contributed by atoms with E-state index in [2.05, 4.69) is 5.32 Å². The van der Waals surface area contributed by atoms with Crippen LogP contribution in [0.2, 0.25) is 0 Å². The summed E-state index contributed by atoms with van der Waals surface area (Å²) in [4.78, 5) is 14.6. The van der Waals surface area contributed by atoms with Crippen molar-refractivity contribution in [3.05, 3.63) is 101 Å². The number of benzene rings is 4. The van der Waals surface area contributed by atoms with Crippen LogP contribution in [0.1, 0.15) is 35.3 Å². The van der Waals surface area contributed by atoms with E-state index in [0.717, 1.165) is 38.2 Å². The van der Waals surface area contributed by atoms with Crippen molar-refractivity contribution < 1.29 is 43.1 Å². The number of carbonyl (C=O) groups excluding carboxylic acids is 1. The first-order valence-electron chi connectivity index (χ1n) is 13.2. The number of nitrogens with one attached hydrogen (secondary N) is 1. The van der Waals surface area contributed by atoms with Gasteiger partial charge in [-0.15, -0.1) is 0 Å². The second kappa shape index (κ2) is 11.6. The standard InChI is InChI=1S/C33H30F2N2O4.Co/c1-20-6-9-23(35)16-29(20)40-18-27-25(14-15-28-31(27)37(4)19-33(2,3)36-28)26-13-12-24(17-30(26)39-5)41-32(38)21-7-10-22(34)11-8-21;/h6-17,36H,18H2,1-5H3;. The summed E-state index contributed by atoms with van der Waals surface area (Å²) in [5.41, 5.74) is 4.73. The average Bonchev–Trinajstić information content (AvgIpc) is 2.96. The molecule has 0 unspecified atom stereocenters. The number of rotatable bonds is 7. The van der Waals surface area contributed by atoms with Gasteiger partial charge in [0, 0.05) is 0 Å². The van der Waals surface area contributed by atoms with E-state index in [1.54, 1.807) is 24.3 Å². The summed E-state index contributed by atoms with van der Waals surface area (Å²) in [5.74, 6) is -0.280. The number of methoxy groups -OCH3 is 1. The Morgan fingerprint density at radius 1 is 0.929 bits per heavy atom. The number of halogens is 2. The van der Waals surface area contributed by atoms with E-state index in [0.29, 0.717) is 11.5 Å². The molecule has 0 saturated heterocycles. The normalized spacial score (nSPS) is 13.7. The van der Waals surface area contributed by atoms with Crippen molar-refractivity contribution in [1.29, 1.82) is 0 Å². The first-order valence-corrected chi connectivity index (χ1v) is 13.7. The van der Waals surface area contributed by atoms with Crippen LogP contribution < -0.4 is 24.4 Å². The Labute approximate surface area is 251 Å². The number of anilines is 2. The Kier molecular flexibility index (Phi) is 8.07. The molecule has 4 aromatic rings. The fourth-order valence-electron chi connectivity index (χ4n) is 5.01. The number of carbonyl (C=O) groups is 1. The van der Waals surface area contributed by atoms with Crippen molar-refractivity contribution in [2.45, 2.75) is 32.9 Å². The zero-order valence-corrected chi connectivity index (χ0v) is 24.8. The number of nitrogens with zero attached hydrogens (tertiary/aromatic N) is 1. The van der Waals surface area contributed by atoms with Gasteiger partial charge in [0.25, 0.3) is 0 Å². The Hall–Kier alpha value is -4.21. The van der Waals surface area contributed by atoms with Gasteiger partial charge >= 0.3 is 217 Å². The molecule has 1 aliphatic rings. The number of ether oxygens (including phenoxy) is 3. The van der Waals surface area contributed by atoms with Crippen LogP contribution in [0.15, 0.2) is 72.8 Å². The SMILES string of the molecule is COc1cc(OC(=O)c2ccc(F)cc2)ccc1-c1ccc2c(c1COc1cc(F)ccc1C)N(C)[C](=[Co])C(C)(C)N2. The number of esters is 1. The van der Waals surface area contributed by atoms with Gasteiger partial charge in [-0.05, 0) is 24.3 Å². The third kappa shape index (κ3) is 5.75. The maximum absolute atomic E-state index is 14.1. The van der Waals surface area contributed by atoms with Crippen LogP contribution in [0.3, 0.4) is 0 Å². The molecule has 1 aliphatic heterocycles. The van der Waals surface area contributed by atoms with Crippen molar-refractivity contribution in [2.24, 2.45) is 0 Å². The molecule has 9 heteroatoms. The summed E-state index contributed by atoms with van der Waals surface area (Å²) in [6, 6.07) is 18.6. The molecule has 0 bridgehead atoms. The zero-order chi connectivity index (χ0) is 30.2. The Morgan fingerprint density at radius 3 is 2.33 bits per heavy atom. The molecule has 0 radical (unpaired) electrons. The van der Waals surface area contributed by atoms with Crippen LogP contribution >= 0.6 is 0 Å². The number of likely N-dealkylation sites (N-methyl/N-ethyl adjacent to an activating group) is 1. The van der Waals surface area contributed by atoms with E-state index in [9.17, 15) is 13.6 Å². The molecule has 219 valence electrons. The molecule has 6 nitrogen and oxygen atoms in total. The second-order valence-corrected chi connectivity index (χ2v) is 11.0. The molecule has 0 aliphatic carbocycles. The number of fused-ring (bicyclic) bond motifs is 1. The van der Waals surface area contributed by atoms with Gasteiger partial charge in [-0.3, -0.25) is 0 Å². The van der Waals surface area contributed by atoms with Gasteiger partial charge in [-0.1, -0.05) is 0 Å². The van der Waals surface area contributed by atoms with Crippen molar-refractivity contribution in [2.75, 3.05) is 24.4 Å². The number of hydrogen-bond donors (Lipinski definition) is 1. The van der Waals surface area contributed by atoms with E-state index in [4.69, 9.17) is 29.5 Å². The molecule has 4 aromatic carbocycles. The van der Waals surface area contributed by atoms with Crippen molar-refractivity contribution >= 4 is 21.9 Å². The maximum atomic E-state index is 14.1. The van der Waals surface area contributed by atoms with Gasteiger partial charge in [-0.25, -0.2) is 4.39 Å². The van der Waals surface area contributed by atoms with E-state index in [-0.39, 0.29) is 23.7 Å². The number of hydrogen-bond acceptors (Lipinski definition) is 6. The van der Waals surface area contributed by atoms with Crippen LogP contribution in [0.25, 0.3) is 11.1 Å². The van der Waals surface area contributed by atoms with Gasteiger partial charge in [0.15, 0.2) is 0 Å². The van der Waals surface area contributed by atoms with E-state index < -0.39 is 17.3 Å². The monoisotopic (exact) mass is 615 g/mol. The van der Waals surface area contributed by atoms with Crippen molar-refractivity contribution in [3.8, 4) is 28.4 Å². The van der Waals surface area contributed by atoms with Gasteiger partial charge in [-0.2, -0.15) is 0 Å². The third-order valence-electron chi connectivity index (χ3n) is 7.11. The molecule has 0 fully saturated rings. The third-order valence-corrected chi connectivity index (χ3v) is 8.11. The molecule has 0 amide bonds. The van der Waals surface area contributed by atoms with Crippen LogP contribution in [0.4, 0.5) is 20.2 Å². The molecule has 42 heavy (non-hydrogen) atoms. The Morgan fingerprint density at radius 2 is 1.62 bits per heavy atom. The quantitative estimate of drug-likeness (QED) is 0.178. The summed E-state index contributed by atoms with van der Waals surface area (Å²) >= 11 is 4.88. The van der Waals surface area contributed by atoms with E-state index in [1.807, 2.05) is 44.9 Å². The predicted octanol–water partition coefficient (Wildman–Crippen LogP) is 7.06.